The molecule has 2 aromatic rings. The van der Waals surface area contributed by atoms with Gasteiger partial charge in [0.2, 0.25) is 0 Å². The molecule has 0 aliphatic heterocycles. The quantitative estimate of drug-likeness (QED) is 0.815. The number of nitrogens with zero attached hydrogens (tertiary/aromatic N) is 1. The number of likely N-dealkylation sites (N-methyl/N-ethyl adjacent to an activating group) is 1. The SMILES string of the molecule is CCN(CCO)c1ccc(NC(C)c2cccs2)cc1. The van der Waals surface area contributed by atoms with Crippen molar-refractivity contribution in [3.05, 3.63) is 46.7 Å². The smallest absolute Gasteiger partial charge is 0.0606 e. The van der Waals surface area contributed by atoms with Crippen LogP contribution >= 0.6 is 11.3 Å². The van der Waals surface area contributed by atoms with Crippen LogP contribution in [-0.2, 0) is 0 Å². The molecule has 2 rings (SSSR count). The van der Waals surface area contributed by atoms with Crippen LogP contribution in [0.25, 0.3) is 0 Å². The van der Waals surface area contributed by atoms with Crippen molar-refractivity contribution in [2.24, 2.45) is 0 Å². The summed E-state index contributed by atoms with van der Waals surface area (Å²) in [7, 11) is 0. The topological polar surface area (TPSA) is 35.5 Å². The second-order valence-electron chi connectivity index (χ2n) is 4.73. The highest BCUT2D eigenvalue weighted by atomic mass is 32.1. The highest BCUT2D eigenvalue weighted by Crippen LogP contribution is 2.24. The maximum absolute atomic E-state index is 9.06. The van der Waals surface area contributed by atoms with E-state index in [1.807, 2.05) is 0 Å². The largest absolute Gasteiger partial charge is 0.395 e. The average Bonchev–Trinajstić information content (AvgIpc) is 3.00. The van der Waals surface area contributed by atoms with Gasteiger partial charge in [0.1, 0.15) is 0 Å². The van der Waals surface area contributed by atoms with Gasteiger partial charge in [-0.1, -0.05) is 6.07 Å². The van der Waals surface area contributed by atoms with Crippen LogP contribution in [0.15, 0.2) is 41.8 Å². The lowest BCUT2D eigenvalue weighted by Gasteiger charge is -2.22. The minimum absolute atomic E-state index is 0.184. The molecule has 0 aliphatic carbocycles. The summed E-state index contributed by atoms with van der Waals surface area (Å²) in [6.45, 7) is 6.03. The van der Waals surface area contributed by atoms with E-state index >= 15 is 0 Å². The number of benzene rings is 1. The summed E-state index contributed by atoms with van der Waals surface area (Å²) in [6, 6.07) is 12.9. The van der Waals surface area contributed by atoms with E-state index in [1.54, 1.807) is 11.3 Å². The Hall–Kier alpha value is -1.52. The van der Waals surface area contributed by atoms with Gasteiger partial charge >= 0.3 is 0 Å². The van der Waals surface area contributed by atoms with Crippen molar-refractivity contribution < 1.29 is 5.11 Å². The predicted octanol–water partition coefficient (Wildman–Crippen LogP) is 3.74. The van der Waals surface area contributed by atoms with E-state index in [2.05, 4.69) is 65.8 Å². The normalized spacial score (nSPS) is 12.2. The molecule has 0 amide bonds. The fourth-order valence-corrected chi connectivity index (χ4v) is 2.95. The molecule has 4 heteroatoms. The minimum atomic E-state index is 0.184. The summed E-state index contributed by atoms with van der Waals surface area (Å²) >= 11 is 1.77. The van der Waals surface area contributed by atoms with Crippen molar-refractivity contribution in [2.75, 3.05) is 29.9 Å². The van der Waals surface area contributed by atoms with Gasteiger partial charge in [-0.2, -0.15) is 0 Å². The van der Waals surface area contributed by atoms with Crippen LogP contribution in [0.5, 0.6) is 0 Å². The van der Waals surface area contributed by atoms with Gasteiger partial charge in [-0.3, -0.25) is 0 Å². The van der Waals surface area contributed by atoms with Gasteiger partial charge in [0, 0.05) is 29.3 Å². The molecule has 1 unspecified atom stereocenters. The van der Waals surface area contributed by atoms with Gasteiger partial charge < -0.3 is 15.3 Å². The molecule has 0 bridgehead atoms. The second-order valence-corrected chi connectivity index (χ2v) is 5.71. The zero-order valence-electron chi connectivity index (χ0n) is 12.0. The third-order valence-electron chi connectivity index (χ3n) is 3.34. The van der Waals surface area contributed by atoms with Crippen molar-refractivity contribution in [3.63, 3.8) is 0 Å². The molecule has 0 saturated heterocycles. The predicted molar refractivity (Wildman–Crippen MR) is 87.8 cm³/mol. The van der Waals surface area contributed by atoms with Gasteiger partial charge in [-0.25, -0.2) is 0 Å². The fraction of sp³-hybridized carbons (Fsp3) is 0.375. The second kappa shape index (κ2) is 7.31. The van der Waals surface area contributed by atoms with Crippen molar-refractivity contribution in [1.29, 1.82) is 0 Å². The zero-order chi connectivity index (χ0) is 14.4. The number of nitrogens with one attached hydrogen (secondary N) is 1. The number of rotatable bonds is 7. The number of aliphatic hydroxyl groups excluding tert-OH is 1. The van der Waals surface area contributed by atoms with Gasteiger partial charge in [-0.05, 0) is 49.6 Å². The molecule has 1 aromatic heterocycles. The van der Waals surface area contributed by atoms with Crippen LogP contribution in [0.1, 0.15) is 24.8 Å². The first-order valence-corrected chi connectivity index (χ1v) is 7.88. The first-order valence-electron chi connectivity index (χ1n) is 7.00. The Kier molecular flexibility index (Phi) is 5.44. The summed E-state index contributed by atoms with van der Waals surface area (Å²) < 4.78 is 0. The van der Waals surface area contributed by atoms with Crippen LogP contribution in [-0.4, -0.2) is 24.8 Å². The zero-order valence-corrected chi connectivity index (χ0v) is 12.9. The molecule has 1 heterocycles. The lowest BCUT2D eigenvalue weighted by molar-refractivity contribution is 0.302. The molecule has 2 N–H and O–H groups in total. The Morgan fingerprint density at radius 2 is 2.00 bits per heavy atom. The number of hydrogen-bond donors (Lipinski definition) is 2. The average molecular weight is 290 g/mol. The van der Waals surface area contributed by atoms with E-state index in [0.717, 1.165) is 17.9 Å². The number of hydrogen-bond acceptors (Lipinski definition) is 4. The van der Waals surface area contributed by atoms with Crippen LogP contribution in [0.3, 0.4) is 0 Å². The molecule has 1 atom stereocenters. The Morgan fingerprint density at radius 3 is 2.55 bits per heavy atom. The Labute approximate surface area is 124 Å². The van der Waals surface area contributed by atoms with Crippen LogP contribution in [0.4, 0.5) is 11.4 Å². The Morgan fingerprint density at radius 1 is 1.25 bits per heavy atom. The van der Waals surface area contributed by atoms with Crippen molar-refractivity contribution in [2.45, 2.75) is 19.9 Å². The Bertz CT molecular complexity index is 496. The third-order valence-corrected chi connectivity index (χ3v) is 4.39. The van der Waals surface area contributed by atoms with Gasteiger partial charge in [0.05, 0.1) is 12.6 Å². The van der Waals surface area contributed by atoms with Crippen molar-refractivity contribution >= 4 is 22.7 Å². The summed E-state index contributed by atoms with van der Waals surface area (Å²) in [6.07, 6.45) is 0. The maximum Gasteiger partial charge on any atom is 0.0606 e. The van der Waals surface area contributed by atoms with E-state index in [-0.39, 0.29) is 6.61 Å². The van der Waals surface area contributed by atoms with E-state index < -0.39 is 0 Å². The Balaban J connectivity index is 2.01. The monoisotopic (exact) mass is 290 g/mol. The molecule has 0 saturated carbocycles. The van der Waals surface area contributed by atoms with E-state index in [1.165, 1.54) is 4.88 Å². The van der Waals surface area contributed by atoms with Crippen LogP contribution in [0.2, 0.25) is 0 Å². The summed E-state index contributed by atoms with van der Waals surface area (Å²) in [5.74, 6) is 0. The first kappa shape index (κ1) is 14.9. The van der Waals surface area contributed by atoms with E-state index in [0.29, 0.717) is 12.6 Å². The van der Waals surface area contributed by atoms with Crippen LogP contribution in [0, 0.1) is 0 Å². The molecule has 0 fully saturated rings. The van der Waals surface area contributed by atoms with E-state index in [9.17, 15) is 0 Å². The third kappa shape index (κ3) is 3.74. The summed E-state index contributed by atoms with van der Waals surface area (Å²) in [5, 5.41) is 14.7. The van der Waals surface area contributed by atoms with Crippen LogP contribution < -0.4 is 10.2 Å². The molecule has 108 valence electrons. The van der Waals surface area contributed by atoms with Crippen molar-refractivity contribution in [3.8, 4) is 0 Å². The molecule has 20 heavy (non-hydrogen) atoms. The molecule has 0 aliphatic rings. The highest BCUT2D eigenvalue weighted by molar-refractivity contribution is 7.10. The molecular formula is C16H22N2OS. The highest BCUT2D eigenvalue weighted by Gasteiger charge is 2.07. The van der Waals surface area contributed by atoms with Gasteiger partial charge in [-0.15, -0.1) is 11.3 Å². The summed E-state index contributed by atoms with van der Waals surface area (Å²) in [5.41, 5.74) is 2.27. The fourth-order valence-electron chi connectivity index (χ4n) is 2.22. The summed E-state index contributed by atoms with van der Waals surface area (Å²) in [4.78, 5) is 3.50. The first-order chi connectivity index (χ1) is 9.74. The molecule has 3 nitrogen and oxygen atoms in total. The lowest BCUT2D eigenvalue weighted by atomic mass is 10.2. The standard InChI is InChI=1S/C16H22N2OS/c1-3-18(10-11-19)15-8-6-14(7-9-15)17-13(2)16-5-4-12-20-16/h4-9,12-13,17,19H,3,10-11H2,1-2H3. The molecule has 0 radical (unpaired) electrons. The number of aliphatic hydroxyl groups is 1. The van der Waals surface area contributed by atoms with Gasteiger partial charge in [0.15, 0.2) is 0 Å². The van der Waals surface area contributed by atoms with Gasteiger partial charge in [0.25, 0.3) is 0 Å². The van der Waals surface area contributed by atoms with Crippen molar-refractivity contribution in [1.82, 2.24) is 0 Å². The maximum atomic E-state index is 9.06. The lowest BCUT2D eigenvalue weighted by Crippen LogP contribution is -2.25. The minimum Gasteiger partial charge on any atom is -0.395 e. The number of anilines is 2. The molecular weight excluding hydrogens is 268 g/mol. The van der Waals surface area contributed by atoms with E-state index in [4.69, 9.17) is 5.11 Å². The molecule has 1 aromatic carbocycles. The molecule has 0 spiro atoms. The number of thiophene rings is 1.